The zero-order valence-electron chi connectivity index (χ0n) is 10.9. The van der Waals surface area contributed by atoms with E-state index in [2.05, 4.69) is 15.0 Å². The van der Waals surface area contributed by atoms with Crippen molar-refractivity contribution < 1.29 is 19.3 Å². The van der Waals surface area contributed by atoms with Crippen LogP contribution in [0.25, 0.3) is 11.2 Å². The molecule has 0 saturated carbocycles. The van der Waals surface area contributed by atoms with Gasteiger partial charge in [-0.1, -0.05) is 0 Å². The van der Waals surface area contributed by atoms with Gasteiger partial charge in [-0.25, -0.2) is 19.3 Å². The fourth-order valence-electron chi connectivity index (χ4n) is 2.37. The lowest BCUT2D eigenvalue weighted by atomic mass is 10.1. The van der Waals surface area contributed by atoms with Crippen molar-refractivity contribution in [3.8, 4) is 0 Å². The lowest BCUT2D eigenvalue weighted by molar-refractivity contribution is -0.0458. The Bertz CT molecular complexity index is 696. The minimum atomic E-state index is -1.78. The molecule has 1 saturated heterocycles. The highest BCUT2D eigenvalue weighted by Gasteiger charge is 2.46. The molecule has 2 aromatic rings. The number of aliphatic hydroxyl groups excluding tert-OH is 2. The monoisotopic (exact) mass is 317 g/mol. The number of hydrogen-bond acceptors (Lipinski definition) is 7. The summed E-state index contributed by atoms with van der Waals surface area (Å²) >= 11 is 6.01. The zero-order chi connectivity index (χ0) is 15.3. The summed E-state index contributed by atoms with van der Waals surface area (Å²) in [6.07, 6.45) is -5.54. The molecule has 0 aromatic carbocycles. The lowest BCUT2D eigenvalue weighted by Gasteiger charge is -2.16. The molecule has 1 fully saturated rings. The van der Waals surface area contributed by atoms with Crippen LogP contribution in [0.2, 0.25) is 5.28 Å². The number of alkyl halides is 1. The van der Waals surface area contributed by atoms with Crippen LogP contribution >= 0.6 is 11.6 Å². The van der Waals surface area contributed by atoms with Crippen molar-refractivity contribution in [1.82, 2.24) is 19.5 Å². The van der Waals surface area contributed by atoms with Gasteiger partial charge in [0.2, 0.25) is 5.28 Å². The predicted molar refractivity (Wildman–Crippen MR) is 71.4 cm³/mol. The third kappa shape index (κ3) is 2.13. The van der Waals surface area contributed by atoms with Crippen LogP contribution in [0.5, 0.6) is 0 Å². The minimum absolute atomic E-state index is 0.0879. The molecule has 8 nitrogen and oxygen atoms in total. The first-order chi connectivity index (χ1) is 9.93. The number of nitrogens with two attached hydrogens (primary N) is 1. The minimum Gasteiger partial charge on any atom is -0.394 e. The van der Waals surface area contributed by atoms with Crippen LogP contribution in [-0.4, -0.2) is 54.7 Å². The number of anilines is 1. The molecule has 4 N–H and O–H groups in total. The second kappa shape index (κ2) is 5.02. The van der Waals surface area contributed by atoms with E-state index in [-0.39, 0.29) is 22.3 Å². The number of aliphatic hydroxyl groups is 2. The molecule has 0 radical (unpaired) electrons. The Morgan fingerprint density at radius 3 is 2.76 bits per heavy atom. The van der Waals surface area contributed by atoms with Crippen molar-refractivity contribution in [3.05, 3.63) is 11.1 Å². The van der Waals surface area contributed by atoms with Gasteiger partial charge >= 0.3 is 0 Å². The van der Waals surface area contributed by atoms with E-state index in [1.54, 1.807) is 6.92 Å². The first kappa shape index (κ1) is 14.4. The number of halogens is 2. The number of hydrogen-bond donors (Lipinski definition) is 3. The van der Waals surface area contributed by atoms with Gasteiger partial charge in [-0.3, -0.25) is 4.57 Å². The highest BCUT2D eigenvalue weighted by molar-refractivity contribution is 6.29. The van der Waals surface area contributed by atoms with Crippen LogP contribution in [0.4, 0.5) is 10.2 Å². The Morgan fingerprint density at radius 2 is 2.14 bits per heavy atom. The van der Waals surface area contributed by atoms with E-state index in [1.165, 1.54) is 4.57 Å². The molecule has 4 atom stereocenters. The maximum absolute atomic E-state index is 14.2. The molecule has 0 spiro atoms. The Hall–Kier alpha value is -1.55. The van der Waals surface area contributed by atoms with Crippen LogP contribution in [0.3, 0.4) is 0 Å². The fraction of sp³-hybridized carbons (Fsp3) is 0.545. The summed E-state index contributed by atoms with van der Waals surface area (Å²) in [5, 5.41) is 18.7. The van der Waals surface area contributed by atoms with Crippen LogP contribution < -0.4 is 5.73 Å². The van der Waals surface area contributed by atoms with Gasteiger partial charge in [0.15, 0.2) is 29.4 Å². The highest BCUT2D eigenvalue weighted by Crippen LogP contribution is 2.36. The van der Waals surface area contributed by atoms with Crippen molar-refractivity contribution in [3.63, 3.8) is 0 Å². The number of aryl methyl sites for hydroxylation is 1. The van der Waals surface area contributed by atoms with Crippen LogP contribution in [-0.2, 0) is 4.74 Å². The van der Waals surface area contributed by atoms with E-state index < -0.39 is 31.2 Å². The quantitative estimate of drug-likeness (QED) is 0.665. The summed E-state index contributed by atoms with van der Waals surface area (Å²) < 4.78 is 20.7. The summed E-state index contributed by atoms with van der Waals surface area (Å²) in [6, 6.07) is 0. The number of nitrogens with zero attached hydrogens (tertiary/aromatic N) is 4. The Labute approximate surface area is 123 Å². The van der Waals surface area contributed by atoms with E-state index in [9.17, 15) is 9.50 Å². The summed E-state index contributed by atoms with van der Waals surface area (Å²) in [5.74, 6) is 0.483. The van der Waals surface area contributed by atoms with Gasteiger partial charge in [0, 0.05) is 0 Å². The molecule has 0 unspecified atom stereocenters. The maximum atomic E-state index is 14.2. The van der Waals surface area contributed by atoms with E-state index in [0.29, 0.717) is 5.82 Å². The highest BCUT2D eigenvalue weighted by atomic mass is 35.5. The molecule has 3 rings (SSSR count). The molecule has 1 aliphatic rings. The molecular formula is C11H13ClFN5O3. The molecule has 3 heterocycles. The maximum Gasteiger partial charge on any atom is 0.207 e. The number of imidazole rings is 1. The number of aromatic nitrogens is 4. The molecule has 0 aliphatic carbocycles. The van der Waals surface area contributed by atoms with Gasteiger partial charge < -0.3 is 20.7 Å². The fourth-order valence-corrected chi connectivity index (χ4v) is 2.63. The van der Waals surface area contributed by atoms with Crippen LogP contribution in [0, 0.1) is 6.92 Å². The van der Waals surface area contributed by atoms with Gasteiger partial charge in [0.05, 0.1) is 6.61 Å². The molecular weight excluding hydrogens is 305 g/mol. The van der Waals surface area contributed by atoms with Crippen LogP contribution in [0.1, 0.15) is 12.1 Å². The third-order valence-electron chi connectivity index (χ3n) is 3.36. The van der Waals surface area contributed by atoms with E-state index in [0.717, 1.165) is 0 Å². The predicted octanol–water partition coefficient (Wildman–Crippen LogP) is -0.0410. The summed E-state index contributed by atoms with van der Waals surface area (Å²) in [6.45, 7) is 1.10. The smallest absolute Gasteiger partial charge is 0.207 e. The second-order valence-corrected chi connectivity index (χ2v) is 5.10. The van der Waals surface area contributed by atoms with E-state index in [4.69, 9.17) is 27.2 Å². The van der Waals surface area contributed by atoms with Crippen molar-refractivity contribution in [2.45, 2.75) is 31.5 Å². The zero-order valence-corrected chi connectivity index (χ0v) is 11.7. The Kier molecular flexibility index (Phi) is 3.44. The molecule has 114 valence electrons. The summed E-state index contributed by atoms with van der Waals surface area (Å²) in [4.78, 5) is 12.1. The van der Waals surface area contributed by atoms with E-state index >= 15 is 0 Å². The standard InChI is InChI=1S/C11H13ClFN5O3/c1-3-15-8(14)6-9(16-3)18(11(12)17-6)10-5(13)7(20)4(2-19)21-10/h4-5,7,10,19-20H,2H2,1H3,(H2,14,15,16)/t4-,5+,7-,10-/m1/s1. The number of fused-ring (bicyclic) bond motifs is 1. The molecule has 1 aliphatic heterocycles. The average Bonchev–Trinajstić information content (AvgIpc) is 2.89. The second-order valence-electron chi connectivity index (χ2n) is 4.76. The normalized spacial score (nSPS) is 29.4. The number of ether oxygens (including phenoxy) is 1. The summed E-state index contributed by atoms with van der Waals surface area (Å²) in [7, 11) is 0. The number of nitrogen functional groups attached to an aromatic ring is 1. The van der Waals surface area contributed by atoms with Crippen molar-refractivity contribution in [2.24, 2.45) is 0 Å². The van der Waals surface area contributed by atoms with Gasteiger partial charge in [-0.15, -0.1) is 0 Å². The first-order valence-electron chi connectivity index (χ1n) is 6.20. The van der Waals surface area contributed by atoms with Crippen LogP contribution in [0.15, 0.2) is 0 Å². The molecule has 0 bridgehead atoms. The lowest BCUT2D eigenvalue weighted by Crippen LogP contribution is -2.30. The molecule has 2 aromatic heterocycles. The van der Waals surface area contributed by atoms with Gasteiger partial charge in [0.25, 0.3) is 0 Å². The first-order valence-corrected chi connectivity index (χ1v) is 6.57. The number of rotatable bonds is 2. The van der Waals surface area contributed by atoms with Crippen molar-refractivity contribution in [1.29, 1.82) is 0 Å². The molecule has 21 heavy (non-hydrogen) atoms. The van der Waals surface area contributed by atoms with Crippen molar-refractivity contribution in [2.75, 3.05) is 12.3 Å². The molecule has 10 heteroatoms. The van der Waals surface area contributed by atoms with Gasteiger partial charge in [0.1, 0.15) is 18.0 Å². The third-order valence-corrected chi connectivity index (χ3v) is 3.63. The molecule has 0 amide bonds. The van der Waals surface area contributed by atoms with Gasteiger partial charge in [-0.05, 0) is 18.5 Å². The largest absolute Gasteiger partial charge is 0.394 e. The SMILES string of the molecule is Cc1nc(N)c2nc(Cl)n([C@@H]3O[C@H](CO)[C@@H](O)[C@@H]3F)c2n1. The summed E-state index contributed by atoms with van der Waals surface area (Å²) in [5.41, 5.74) is 6.18. The Balaban J connectivity index is 2.15. The van der Waals surface area contributed by atoms with Crippen molar-refractivity contribution >= 4 is 28.6 Å². The Morgan fingerprint density at radius 1 is 1.43 bits per heavy atom. The van der Waals surface area contributed by atoms with Gasteiger partial charge in [-0.2, -0.15) is 0 Å². The topological polar surface area (TPSA) is 119 Å². The average molecular weight is 318 g/mol. The van der Waals surface area contributed by atoms with E-state index in [1.807, 2.05) is 0 Å².